The quantitative estimate of drug-likeness (QED) is 0.816. The highest BCUT2D eigenvalue weighted by Gasteiger charge is 2.36. The second-order valence-electron chi connectivity index (χ2n) is 3.08. The van der Waals surface area contributed by atoms with Gasteiger partial charge in [-0.25, -0.2) is 13.4 Å². The molecule has 3 nitrogen and oxygen atoms in total. The number of aryl methyl sites for hydroxylation is 1. The number of halogens is 3. The second-order valence-corrected chi connectivity index (χ2v) is 6.51. The Morgan fingerprint density at radius 2 is 1.93 bits per heavy atom. The molecule has 1 heterocycles. The van der Waals surface area contributed by atoms with Crippen LogP contribution >= 0.6 is 11.3 Å². The van der Waals surface area contributed by atoms with E-state index in [1.807, 2.05) is 0 Å². The summed E-state index contributed by atoms with van der Waals surface area (Å²) in [6, 6.07) is 0. The van der Waals surface area contributed by atoms with Crippen LogP contribution in [0.1, 0.15) is 15.6 Å². The van der Waals surface area contributed by atoms with E-state index in [9.17, 15) is 21.6 Å². The van der Waals surface area contributed by atoms with Gasteiger partial charge in [0.2, 0.25) is 0 Å². The van der Waals surface area contributed by atoms with Crippen molar-refractivity contribution in [2.24, 2.45) is 0 Å². The lowest BCUT2D eigenvalue weighted by molar-refractivity contribution is -0.141. The van der Waals surface area contributed by atoms with Crippen LogP contribution in [-0.2, 0) is 21.8 Å². The molecule has 86 valence electrons. The van der Waals surface area contributed by atoms with Gasteiger partial charge < -0.3 is 0 Å². The highest BCUT2D eigenvalue weighted by Crippen LogP contribution is 2.34. The minimum Gasteiger partial charge on any atom is -0.235 e. The SMILES string of the molecule is Cc1sc(CS(C)(=O)=O)nc1C(F)(F)F. The molecule has 0 aliphatic rings. The monoisotopic (exact) mass is 259 g/mol. The summed E-state index contributed by atoms with van der Waals surface area (Å²) in [5.74, 6) is -0.450. The fraction of sp³-hybridized carbons (Fsp3) is 0.571. The van der Waals surface area contributed by atoms with Crippen molar-refractivity contribution in [2.75, 3.05) is 6.26 Å². The maximum atomic E-state index is 12.3. The van der Waals surface area contributed by atoms with E-state index in [0.717, 1.165) is 17.6 Å². The van der Waals surface area contributed by atoms with Crippen LogP contribution in [0.15, 0.2) is 0 Å². The maximum Gasteiger partial charge on any atom is 0.434 e. The minimum atomic E-state index is -4.52. The van der Waals surface area contributed by atoms with Crippen LogP contribution in [0.2, 0.25) is 0 Å². The summed E-state index contributed by atoms with van der Waals surface area (Å²) in [7, 11) is -3.35. The Bertz CT molecular complexity index is 461. The third kappa shape index (κ3) is 3.45. The van der Waals surface area contributed by atoms with Crippen molar-refractivity contribution in [1.29, 1.82) is 0 Å². The van der Waals surface area contributed by atoms with Crippen LogP contribution in [0.3, 0.4) is 0 Å². The zero-order valence-corrected chi connectivity index (χ0v) is 9.55. The summed E-state index contributed by atoms with van der Waals surface area (Å²) in [4.78, 5) is 3.27. The molecule has 0 aromatic carbocycles. The lowest BCUT2D eigenvalue weighted by Gasteiger charge is -2.01. The highest BCUT2D eigenvalue weighted by atomic mass is 32.2. The second kappa shape index (κ2) is 3.75. The van der Waals surface area contributed by atoms with E-state index in [2.05, 4.69) is 4.98 Å². The molecule has 15 heavy (non-hydrogen) atoms. The Labute approximate surface area is 88.9 Å². The fourth-order valence-electron chi connectivity index (χ4n) is 1.00. The molecule has 0 saturated heterocycles. The van der Waals surface area contributed by atoms with Crippen LogP contribution in [0.25, 0.3) is 0 Å². The van der Waals surface area contributed by atoms with Gasteiger partial charge in [-0.3, -0.25) is 0 Å². The molecule has 0 atom stereocenters. The van der Waals surface area contributed by atoms with Gasteiger partial charge in [0.15, 0.2) is 15.5 Å². The Balaban J connectivity index is 3.07. The molecule has 0 aliphatic carbocycles. The van der Waals surface area contributed by atoms with Crippen LogP contribution < -0.4 is 0 Å². The average molecular weight is 259 g/mol. The molecule has 1 aromatic rings. The van der Waals surface area contributed by atoms with E-state index >= 15 is 0 Å². The van der Waals surface area contributed by atoms with Crippen LogP contribution in [0, 0.1) is 6.92 Å². The van der Waals surface area contributed by atoms with E-state index in [0.29, 0.717) is 0 Å². The zero-order chi connectivity index (χ0) is 11.9. The normalized spacial score (nSPS) is 13.1. The molecule has 0 spiro atoms. The third-order valence-corrected chi connectivity index (χ3v) is 3.45. The van der Waals surface area contributed by atoms with Crippen molar-refractivity contribution in [3.63, 3.8) is 0 Å². The highest BCUT2D eigenvalue weighted by molar-refractivity contribution is 7.90. The number of sulfone groups is 1. The molecule has 1 aromatic heterocycles. The molecule has 0 unspecified atom stereocenters. The summed E-state index contributed by atoms with van der Waals surface area (Å²) >= 11 is 0.758. The first-order valence-electron chi connectivity index (χ1n) is 3.81. The summed E-state index contributed by atoms with van der Waals surface area (Å²) in [5, 5.41) is -0.0256. The van der Waals surface area contributed by atoms with Crippen LogP contribution in [0.4, 0.5) is 13.2 Å². The Hall–Kier alpha value is -0.630. The molecule has 1 rings (SSSR count). The number of aromatic nitrogens is 1. The summed E-state index contributed by atoms with van der Waals surface area (Å²) in [5.41, 5.74) is -0.994. The first-order valence-corrected chi connectivity index (χ1v) is 6.68. The molecule has 0 radical (unpaired) electrons. The van der Waals surface area contributed by atoms with Gasteiger partial charge in [0.25, 0.3) is 0 Å². The van der Waals surface area contributed by atoms with Gasteiger partial charge >= 0.3 is 6.18 Å². The average Bonchev–Trinajstić information content (AvgIpc) is 2.25. The van der Waals surface area contributed by atoms with Crippen LogP contribution in [-0.4, -0.2) is 19.7 Å². The molecule has 8 heteroatoms. The Kier molecular flexibility index (Phi) is 3.11. The van der Waals surface area contributed by atoms with Crippen molar-refractivity contribution >= 4 is 21.2 Å². The third-order valence-electron chi connectivity index (χ3n) is 1.50. The van der Waals surface area contributed by atoms with Crippen LogP contribution in [0.5, 0.6) is 0 Å². The first-order chi connectivity index (χ1) is 6.59. The molecule has 0 bridgehead atoms. The van der Waals surface area contributed by atoms with E-state index in [4.69, 9.17) is 0 Å². The summed E-state index contributed by atoms with van der Waals surface area (Å²) in [6.07, 6.45) is -3.56. The van der Waals surface area contributed by atoms with Crippen molar-refractivity contribution < 1.29 is 21.6 Å². The number of hydrogen-bond donors (Lipinski definition) is 0. The summed E-state index contributed by atoms with van der Waals surface area (Å²) < 4.78 is 58.6. The van der Waals surface area contributed by atoms with Gasteiger partial charge in [-0.05, 0) is 6.92 Å². The van der Waals surface area contributed by atoms with Gasteiger partial charge in [0.05, 0.1) is 0 Å². The molecule has 0 N–H and O–H groups in total. The standard InChI is InChI=1S/C7H8F3NO2S2/c1-4-6(7(8,9)10)11-5(14-4)3-15(2,12)13/h3H2,1-2H3. The van der Waals surface area contributed by atoms with Crippen molar-refractivity contribution in [3.8, 4) is 0 Å². The molecule has 0 amide bonds. The Morgan fingerprint density at radius 3 is 2.27 bits per heavy atom. The van der Waals surface area contributed by atoms with Crippen molar-refractivity contribution in [3.05, 3.63) is 15.6 Å². The lowest BCUT2D eigenvalue weighted by Crippen LogP contribution is -2.08. The molecular weight excluding hydrogens is 251 g/mol. The van der Waals surface area contributed by atoms with E-state index in [1.165, 1.54) is 6.92 Å². The number of hydrogen-bond acceptors (Lipinski definition) is 4. The fourth-order valence-corrected chi connectivity index (χ4v) is 3.14. The predicted molar refractivity (Wildman–Crippen MR) is 50.4 cm³/mol. The molecule has 0 fully saturated rings. The van der Waals surface area contributed by atoms with Gasteiger partial charge in [0, 0.05) is 11.1 Å². The van der Waals surface area contributed by atoms with Gasteiger partial charge in [-0.2, -0.15) is 13.2 Å². The van der Waals surface area contributed by atoms with E-state index in [-0.39, 0.29) is 9.88 Å². The predicted octanol–water partition coefficient (Wildman–Crippen LogP) is 2.01. The first kappa shape index (κ1) is 12.4. The van der Waals surface area contributed by atoms with Crippen molar-refractivity contribution in [1.82, 2.24) is 4.98 Å². The van der Waals surface area contributed by atoms with Gasteiger partial charge in [-0.1, -0.05) is 0 Å². The van der Waals surface area contributed by atoms with E-state index in [1.54, 1.807) is 0 Å². The topological polar surface area (TPSA) is 47.0 Å². The van der Waals surface area contributed by atoms with Crippen molar-refractivity contribution in [2.45, 2.75) is 18.9 Å². The summed E-state index contributed by atoms with van der Waals surface area (Å²) in [6.45, 7) is 1.27. The number of thiazole rings is 1. The maximum absolute atomic E-state index is 12.3. The largest absolute Gasteiger partial charge is 0.434 e. The Morgan fingerprint density at radius 1 is 1.40 bits per heavy atom. The lowest BCUT2D eigenvalue weighted by atomic mass is 10.4. The molecule has 0 aliphatic heterocycles. The minimum absolute atomic E-state index is 0.0128. The number of rotatable bonds is 2. The smallest absolute Gasteiger partial charge is 0.235 e. The van der Waals surface area contributed by atoms with Gasteiger partial charge in [-0.15, -0.1) is 11.3 Å². The number of alkyl halides is 3. The zero-order valence-electron chi connectivity index (χ0n) is 7.92. The number of nitrogens with zero attached hydrogens (tertiary/aromatic N) is 1. The van der Waals surface area contributed by atoms with E-state index < -0.39 is 27.5 Å². The van der Waals surface area contributed by atoms with Gasteiger partial charge in [0.1, 0.15) is 10.8 Å². The molecule has 0 saturated carbocycles. The molecular formula is C7H8F3NO2S2.